The molecule has 0 saturated heterocycles. The average molecular weight is 459 g/mol. The first-order valence-corrected chi connectivity index (χ1v) is 11.8. The molecule has 0 atom stereocenters. The maximum absolute atomic E-state index is 13.5. The van der Waals surface area contributed by atoms with Gasteiger partial charge in [-0.05, 0) is 66.9 Å². The average Bonchev–Trinajstić information content (AvgIpc) is 3.05. The van der Waals surface area contributed by atoms with Gasteiger partial charge in [0.2, 0.25) is 0 Å². The third-order valence-corrected chi connectivity index (χ3v) is 6.35. The number of nitrogens with zero attached hydrogens (tertiary/aromatic N) is 1. The van der Waals surface area contributed by atoms with E-state index in [4.69, 9.17) is 4.74 Å². The van der Waals surface area contributed by atoms with Gasteiger partial charge in [-0.1, -0.05) is 55.9 Å². The summed E-state index contributed by atoms with van der Waals surface area (Å²) in [4.78, 5) is 29.4. The van der Waals surface area contributed by atoms with Crippen LogP contribution in [0.3, 0.4) is 0 Å². The summed E-state index contributed by atoms with van der Waals surface area (Å²) in [5, 5.41) is 3.18. The maximum atomic E-state index is 13.5. The molecule has 0 unspecified atom stereocenters. The zero-order valence-corrected chi connectivity index (χ0v) is 19.7. The first-order chi connectivity index (χ1) is 16.0. The van der Waals surface area contributed by atoms with Crippen molar-refractivity contribution in [1.82, 2.24) is 0 Å². The number of amides is 2. The van der Waals surface area contributed by atoms with Crippen molar-refractivity contribution in [3.8, 4) is 5.75 Å². The Hall–Kier alpha value is -3.51. The van der Waals surface area contributed by atoms with Gasteiger partial charge < -0.3 is 10.1 Å². The Labute approximate surface area is 198 Å². The van der Waals surface area contributed by atoms with Crippen molar-refractivity contribution in [2.75, 3.05) is 16.8 Å². The Bertz CT molecular complexity index is 1170. The Morgan fingerprint density at radius 1 is 0.879 bits per heavy atom. The molecule has 3 aromatic carbocycles. The largest absolute Gasteiger partial charge is 0.494 e. The van der Waals surface area contributed by atoms with Gasteiger partial charge in [-0.15, -0.1) is 0 Å². The van der Waals surface area contributed by atoms with Crippen LogP contribution in [-0.4, -0.2) is 18.4 Å². The minimum absolute atomic E-state index is 0.269. The maximum Gasteiger partial charge on any atom is 0.283 e. The number of nitrogens with one attached hydrogen (secondary N) is 1. The zero-order valence-electron chi connectivity index (χ0n) is 18.9. The van der Waals surface area contributed by atoms with Crippen molar-refractivity contribution in [2.45, 2.75) is 31.6 Å². The molecular weight excluding hydrogens is 432 g/mol. The smallest absolute Gasteiger partial charge is 0.283 e. The summed E-state index contributed by atoms with van der Waals surface area (Å²) in [5.41, 5.74) is 2.69. The van der Waals surface area contributed by atoms with Crippen LogP contribution in [0, 0.1) is 0 Å². The predicted molar refractivity (Wildman–Crippen MR) is 134 cm³/mol. The van der Waals surface area contributed by atoms with Crippen LogP contribution in [0.15, 0.2) is 94.4 Å². The number of ether oxygens (including phenoxy) is 1. The van der Waals surface area contributed by atoms with Crippen molar-refractivity contribution in [3.05, 3.63) is 95.0 Å². The number of carbonyl (C=O) groups is 2. The molecule has 168 valence electrons. The van der Waals surface area contributed by atoms with Crippen LogP contribution in [-0.2, 0) is 9.59 Å². The summed E-state index contributed by atoms with van der Waals surface area (Å²) in [6.07, 6.45) is 0. The van der Waals surface area contributed by atoms with Gasteiger partial charge in [-0.3, -0.25) is 9.59 Å². The summed E-state index contributed by atoms with van der Waals surface area (Å²) in [5.74, 6) is 0.407. The van der Waals surface area contributed by atoms with Gasteiger partial charge in [0.05, 0.1) is 12.3 Å². The number of thioether (sulfide) groups is 1. The van der Waals surface area contributed by atoms with E-state index >= 15 is 0 Å². The van der Waals surface area contributed by atoms with Crippen LogP contribution in [0.25, 0.3) is 0 Å². The number of hydrogen-bond acceptors (Lipinski definition) is 5. The molecule has 33 heavy (non-hydrogen) atoms. The van der Waals surface area contributed by atoms with E-state index in [1.165, 1.54) is 16.7 Å². The lowest BCUT2D eigenvalue weighted by Crippen LogP contribution is -2.32. The predicted octanol–water partition coefficient (Wildman–Crippen LogP) is 6.20. The van der Waals surface area contributed by atoms with Crippen molar-refractivity contribution >= 4 is 35.0 Å². The van der Waals surface area contributed by atoms with Crippen LogP contribution in [0.5, 0.6) is 5.75 Å². The quantitative estimate of drug-likeness (QED) is 0.408. The highest BCUT2D eigenvalue weighted by atomic mass is 32.2. The van der Waals surface area contributed by atoms with E-state index in [-0.39, 0.29) is 17.5 Å². The number of anilines is 2. The Morgan fingerprint density at radius 3 is 2.15 bits per heavy atom. The fourth-order valence-electron chi connectivity index (χ4n) is 3.51. The Morgan fingerprint density at radius 2 is 1.55 bits per heavy atom. The molecule has 1 aliphatic rings. The van der Waals surface area contributed by atoms with Crippen molar-refractivity contribution in [3.63, 3.8) is 0 Å². The van der Waals surface area contributed by atoms with Crippen LogP contribution in [0.1, 0.15) is 32.3 Å². The molecule has 3 aromatic rings. The number of benzene rings is 3. The highest BCUT2D eigenvalue weighted by molar-refractivity contribution is 8.04. The molecule has 0 bridgehead atoms. The zero-order chi connectivity index (χ0) is 23.4. The lowest BCUT2D eigenvalue weighted by Gasteiger charge is -2.16. The summed E-state index contributed by atoms with van der Waals surface area (Å²) >= 11 is 1.29. The Kier molecular flexibility index (Phi) is 6.84. The van der Waals surface area contributed by atoms with Crippen molar-refractivity contribution in [1.29, 1.82) is 0 Å². The van der Waals surface area contributed by atoms with E-state index < -0.39 is 0 Å². The molecular formula is C27H26N2O3S. The van der Waals surface area contributed by atoms with Gasteiger partial charge >= 0.3 is 0 Å². The monoisotopic (exact) mass is 458 g/mol. The van der Waals surface area contributed by atoms with Gasteiger partial charge in [-0.25, -0.2) is 4.90 Å². The van der Waals surface area contributed by atoms with Crippen LogP contribution >= 0.6 is 11.8 Å². The van der Waals surface area contributed by atoms with E-state index in [1.54, 1.807) is 0 Å². The SMILES string of the molecule is CCOc1ccc(NC2=C(Sc3ccccc3)C(=O)N(c3ccc(C(C)C)cc3)C2=O)cc1. The number of imide groups is 1. The molecule has 1 heterocycles. The molecule has 0 aromatic heterocycles. The van der Waals surface area contributed by atoms with E-state index in [1.807, 2.05) is 85.8 Å². The molecule has 4 rings (SSSR count). The normalized spacial score (nSPS) is 13.8. The molecule has 0 saturated carbocycles. The fourth-order valence-corrected chi connectivity index (χ4v) is 4.46. The standard InChI is InChI=1S/C27H26N2O3S/c1-4-32-22-16-12-20(13-17-22)28-24-25(33-23-8-6-5-7-9-23)27(31)29(26(24)30)21-14-10-19(11-15-21)18(2)3/h5-18,28H,4H2,1-3H3. The molecule has 6 heteroatoms. The number of rotatable bonds is 8. The molecule has 0 fully saturated rings. The van der Waals surface area contributed by atoms with E-state index in [9.17, 15) is 9.59 Å². The lowest BCUT2D eigenvalue weighted by molar-refractivity contribution is -0.120. The van der Waals surface area contributed by atoms with Gasteiger partial charge in [0.1, 0.15) is 16.4 Å². The second-order valence-electron chi connectivity index (χ2n) is 7.89. The third-order valence-electron chi connectivity index (χ3n) is 5.26. The van der Waals surface area contributed by atoms with Gasteiger partial charge in [0.25, 0.3) is 11.8 Å². The molecule has 1 aliphatic heterocycles. The third kappa shape index (κ3) is 4.96. The number of hydrogen-bond donors (Lipinski definition) is 1. The fraction of sp³-hybridized carbons (Fsp3) is 0.185. The summed E-state index contributed by atoms with van der Waals surface area (Å²) in [7, 11) is 0. The minimum Gasteiger partial charge on any atom is -0.494 e. The summed E-state index contributed by atoms with van der Waals surface area (Å²) in [6, 6.07) is 24.5. The summed E-state index contributed by atoms with van der Waals surface area (Å²) < 4.78 is 5.50. The summed E-state index contributed by atoms with van der Waals surface area (Å²) in [6.45, 7) is 6.72. The molecule has 0 aliphatic carbocycles. The highest BCUT2D eigenvalue weighted by Gasteiger charge is 2.40. The lowest BCUT2D eigenvalue weighted by atomic mass is 10.0. The van der Waals surface area contributed by atoms with Crippen LogP contribution < -0.4 is 15.0 Å². The van der Waals surface area contributed by atoms with Crippen molar-refractivity contribution in [2.24, 2.45) is 0 Å². The highest BCUT2D eigenvalue weighted by Crippen LogP contribution is 2.38. The number of carbonyl (C=O) groups excluding carboxylic acids is 2. The van der Waals surface area contributed by atoms with Gasteiger partial charge in [-0.2, -0.15) is 0 Å². The second kappa shape index (κ2) is 9.96. The molecule has 5 nitrogen and oxygen atoms in total. The van der Waals surface area contributed by atoms with E-state index in [0.29, 0.717) is 28.8 Å². The van der Waals surface area contributed by atoms with Crippen molar-refractivity contribution < 1.29 is 14.3 Å². The first kappa shape index (κ1) is 22.7. The molecule has 0 spiro atoms. The molecule has 0 radical (unpaired) electrons. The van der Waals surface area contributed by atoms with Crippen LogP contribution in [0.2, 0.25) is 0 Å². The molecule has 1 N–H and O–H groups in total. The first-order valence-electron chi connectivity index (χ1n) is 10.9. The minimum atomic E-state index is -0.371. The van der Waals surface area contributed by atoms with E-state index in [2.05, 4.69) is 19.2 Å². The topological polar surface area (TPSA) is 58.6 Å². The second-order valence-corrected chi connectivity index (χ2v) is 8.98. The van der Waals surface area contributed by atoms with Gasteiger partial charge in [0, 0.05) is 10.6 Å². The van der Waals surface area contributed by atoms with Gasteiger partial charge in [0.15, 0.2) is 0 Å². The Balaban J connectivity index is 1.68. The molecule has 2 amide bonds. The van der Waals surface area contributed by atoms with E-state index in [0.717, 1.165) is 16.2 Å². The van der Waals surface area contributed by atoms with Crippen LogP contribution in [0.4, 0.5) is 11.4 Å².